The van der Waals surface area contributed by atoms with E-state index in [1.165, 1.54) is 0 Å². The molecule has 0 saturated carbocycles. The standard InChI is InChI=1S/C14H15N5O/c1-8(2)19-6-5-9-3-4-10(7-11(9)19)12-13(14(15)20)17-18-16-12/h3-8H,1-2H3,(H2,15,20)(H,16,17,18). The molecule has 1 amide bonds. The van der Waals surface area contributed by atoms with E-state index in [2.05, 4.69) is 46.1 Å². The SMILES string of the molecule is CC(C)n1ccc2ccc(-c3n[nH]nc3C(N)=O)cc21. The van der Waals surface area contributed by atoms with E-state index in [-0.39, 0.29) is 5.69 Å². The summed E-state index contributed by atoms with van der Waals surface area (Å²) in [6.45, 7) is 4.24. The number of carbonyl (C=O) groups is 1. The number of hydrogen-bond acceptors (Lipinski definition) is 3. The Kier molecular flexibility index (Phi) is 2.78. The van der Waals surface area contributed by atoms with Gasteiger partial charge in [-0.1, -0.05) is 12.1 Å². The monoisotopic (exact) mass is 269 g/mol. The molecular weight excluding hydrogens is 254 g/mol. The van der Waals surface area contributed by atoms with Crippen molar-refractivity contribution >= 4 is 16.8 Å². The van der Waals surface area contributed by atoms with Crippen LogP contribution in [0.5, 0.6) is 0 Å². The Labute approximate surface area is 115 Å². The summed E-state index contributed by atoms with van der Waals surface area (Å²) in [6, 6.07) is 8.34. The maximum Gasteiger partial charge on any atom is 0.271 e. The molecule has 3 rings (SSSR count). The predicted molar refractivity (Wildman–Crippen MR) is 76.2 cm³/mol. The van der Waals surface area contributed by atoms with Gasteiger partial charge in [0.05, 0.1) is 0 Å². The van der Waals surface area contributed by atoms with Crippen LogP contribution in [0, 0.1) is 0 Å². The summed E-state index contributed by atoms with van der Waals surface area (Å²) >= 11 is 0. The van der Waals surface area contributed by atoms with E-state index in [0.717, 1.165) is 16.5 Å². The van der Waals surface area contributed by atoms with E-state index in [0.29, 0.717) is 11.7 Å². The number of amides is 1. The van der Waals surface area contributed by atoms with Crippen LogP contribution in [-0.4, -0.2) is 25.9 Å². The Hall–Kier alpha value is -2.63. The van der Waals surface area contributed by atoms with Crippen molar-refractivity contribution in [2.24, 2.45) is 5.73 Å². The number of nitrogens with one attached hydrogen (secondary N) is 1. The van der Waals surface area contributed by atoms with Gasteiger partial charge in [-0.3, -0.25) is 4.79 Å². The molecule has 0 saturated heterocycles. The molecule has 6 nitrogen and oxygen atoms in total. The molecule has 3 aromatic rings. The van der Waals surface area contributed by atoms with Gasteiger partial charge >= 0.3 is 0 Å². The number of H-pyrrole nitrogens is 1. The zero-order chi connectivity index (χ0) is 14.3. The lowest BCUT2D eigenvalue weighted by Gasteiger charge is -2.09. The molecule has 2 aromatic heterocycles. The summed E-state index contributed by atoms with van der Waals surface area (Å²) < 4.78 is 2.17. The van der Waals surface area contributed by atoms with E-state index in [1.807, 2.05) is 18.2 Å². The van der Waals surface area contributed by atoms with Gasteiger partial charge in [-0.05, 0) is 31.4 Å². The van der Waals surface area contributed by atoms with E-state index in [9.17, 15) is 4.79 Å². The summed E-state index contributed by atoms with van der Waals surface area (Å²) in [5, 5.41) is 11.4. The van der Waals surface area contributed by atoms with Crippen molar-refractivity contribution in [2.75, 3.05) is 0 Å². The minimum Gasteiger partial charge on any atom is -0.364 e. The van der Waals surface area contributed by atoms with Gasteiger partial charge in [0.25, 0.3) is 5.91 Å². The minimum absolute atomic E-state index is 0.159. The molecule has 0 spiro atoms. The molecule has 2 heterocycles. The van der Waals surface area contributed by atoms with E-state index in [1.54, 1.807) is 0 Å². The molecule has 0 aliphatic heterocycles. The quantitative estimate of drug-likeness (QED) is 0.763. The lowest BCUT2D eigenvalue weighted by atomic mass is 10.1. The number of fused-ring (bicyclic) bond motifs is 1. The van der Waals surface area contributed by atoms with Gasteiger partial charge in [0.1, 0.15) is 5.69 Å². The molecule has 3 N–H and O–H groups in total. The van der Waals surface area contributed by atoms with E-state index < -0.39 is 5.91 Å². The molecular formula is C14H15N5O. The number of nitrogens with zero attached hydrogens (tertiary/aromatic N) is 3. The van der Waals surface area contributed by atoms with Gasteiger partial charge in [0.15, 0.2) is 5.69 Å². The smallest absolute Gasteiger partial charge is 0.271 e. The topological polar surface area (TPSA) is 89.6 Å². The zero-order valence-corrected chi connectivity index (χ0v) is 11.3. The average Bonchev–Trinajstić information content (AvgIpc) is 3.04. The highest BCUT2D eigenvalue weighted by molar-refractivity contribution is 5.97. The van der Waals surface area contributed by atoms with Gasteiger partial charge in [-0.2, -0.15) is 15.4 Å². The largest absolute Gasteiger partial charge is 0.364 e. The molecule has 0 radical (unpaired) electrons. The highest BCUT2D eigenvalue weighted by atomic mass is 16.1. The second kappa shape index (κ2) is 4.48. The fourth-order valence-electron chi connectivity index (χ4n) is 2.35. The first kappa shape index (κ1) is 12.4. The second-order valence-corrected chi connectivity index (χ2v) is 4.98. The van der Waals surface area contributed by atoms with Crippen molar-refractivity contribution in [3.8, 4) is 11.3 Å². The van der Waals surface area contributed by atoms with E-state index >= 15 is 0 Å². The number of aromatic nitrogens is 4. The van der Waals surface area contributed by atoms with Gasteiger partial charge in [0.2, 0.25) is 0 Å². The average molecular weight is 269 g/mol. The van der Waals surface area contributed by atoms with Crippen LogP contribution in [0.2, 0.25) is 0 Å². The second-order valence-electron chi connectivity index (χ2n) is 4.98. The van der Waals surface area contributed by atoms with Crippen molar-refractivity contribution in [3.05, 3.63) is 36.2 Å². The lowest BCUT2D eigenvalue weighted by molar-refractivity contribution is 0.0996. The molecule has 0 aliphatic rings. The first-order valence-electron chi connectivity index (χ1n) is 6.39. The van der Waals surface area contributed by atoms with Crippen LogP contribution >= 0.6 is 0 Å². The van der Waals surface area contributed by atoms with Crippen LogP contribution in [-0.2, 0) is 0 Å². The summed E-state index contributed by atoms with van der Waals surface area (Å²) in [6.07, 6.45) is 2.05. The molecule has 20 heavy (non-hydrogen) atoms. The van der Waals surface area contributed by atoms with Crippen LogP contribution < -0.4 is 5.73 Å². The maximum atomic E-state index is 11.3. The molecule has 0 bridgehead atoms. The first-order chi connectivity index (χ1) is 9.58. The molecule has 0 aliphatic carbocycles. The number of hydrogen-bond donors (Lipinski definition) is 2. The Bertz CT molecular complexity index is 784. The number of nitrogens with two attached hydrogens (primary N) is 1. The summed E-state index contributed by atoms with van der Waals surface area (Å²) in [4.78, 5) is 11.3. The van der Waals surface area contributed by atoms with Crippen molar-refractivity contribution in [3.63, 3.8) is 0 Å². The summed E-state index contributed by atoms with van der Waals surface area (Å²) in [5.74, 6) is -0.590. The van der Waals surface area contributed by atoms with E-state index in [4.69, 9.17) is 5.73 Å². The number of primary amides is 1. The fraction of sp³-hybridized carbons (Fsp3) is 0.214. The number of aromatic amines is 1. The van der Waals surface area contributed by atoms with Crippen LogP contribution in [0.4, 0.5) is 0 Å². The van der Waals surface area contributed by atoms with Crippen LogP contribution in [0.15, 0.2) is 30.5 Å². The number of rotatable bonds is 3. The molecule has 0 unspecified atom stereocenters. The third-order valence-corrected chi connectivity index (χ3v) is 3.33. The Morgan fingerprint density at radius 3 is 2.80 bits per heavy atom. The Balaban J connectivity index is 2.19. The normalized spacial score (nSPS) is 11.3. The first-order valence-corrected chi connectivity index (χ1v) is 6.39. The van der Waals surface area contributed by atoms with Crippen molar-refractivity contribution in [1.29, 1.82) is 0 Å². The Morgan fingerprint density at radius 2 is 2.10 bits per heavy atom. The van der Waals surface area contributed by atoms with Gasteiger partial charge in [-0.25, -0.2) is 0 Å². The lowest BCUT2D eigenvalue weighted by Crippen LogP contribution is -2.12. The molecule has 1 aromatic carbocycles. The molecule has 0 fully saturated rings. The van der Waals surface area contributed by atoms with Crippen molar-refractivity contribution in [2.45, 2.75) is 19.9 Å². The predicted octanol–water partition coefficient (Wildman–Crippen LogP) is 2.11. The van der Waals surface area contributed by atoms with Crippen LogP contribution in [0.1, 0.15) is 30.4 Å². The number of benzene rings is 1. The maximum absolute atomic E-state index is 11.3. The van der Waals surface area contributed by atoms with Crippen LogP contribution in [0.3, 0.4) is 0 Å². The molecule has 6 heteroatoms. The summed E-state index contributed by atoms with van der Waals surface area (Å²) in [7, 11) is 0. The highest BCUT2D eigenvalue weighted by Crippen LogP contribution is 2.27. The Morgan fingerprint density at radius 1 is 1.30 bits per heavy atom. The van der Waals surface area contributed by atoms with Gasteiger partial charge in [0, 0.05) is 23.3 Å². The molecule has 0 atom stereocenters. The summed E-state index contributed by atoms with van der Waals surface area (Å²) in [5.41, 5.74) is 7.86. The van der Waals surface area contributed by atoms with Crippen molar-refractivity contribution in [1.82, 2.24) is 20.0 Å². The third-order valence-electron chi connectivity index (χ3n) is 3.33. The highest BCUT2D eigenvalue weighted by Gasteiger charge is 2.16. The van der Waals surface area contributed by atoms with Gasteiger partial charge < -0.3 is 10.3 Å². The fourth-order valence-corrected chi connectivity index (χ4v) is 2.35. The third kappa shape index (κ3) is 1.85. The zero-order valence-electron chi connectivity index (χ0n) is 11.3. The van der Waals surface area contributed by atoms with Gasteiger partial charge in [-0.15, -0.1) is 0 Å². The van der Waals surface area contributed by atoms with Crippen LogP contribution in [0.25, 0.3) is 22.2 Å². The minimum atomic E-state index is -0.590. The number of carbonyl (C=O) groups excluding carboxylic acids is 1. The van der Waals surface area contributed by atoms with Crippen molar-refractivity contribution < 1.29 is 4.79 Å². The molecule has 102 valence electrons.